The summed E-state index contributed by atoms with van der Waals surface area (Å²) in [5.74, 6) is 0.244. The predicted molar refractivity (Wildman–Crippen MR) is 152 cm³/mol. The molecule has 0 radical (unpaired) electrons. The maximum absolute atomic E-state index is 13.2. The van der Waals surface area contributed by atoms with Gasteiger partial charge in [0, 0.05) is 49.5 Å². The quantitative estimate of drug-likeness (QED) is 0.250. The molecular weight excluding hydrogens is 500 g/mol. The number of nitrogens with zero attached hydrogens (tertiary/aromatic N) is 2. The summed E-state index contributed by atoms with van der Waals surface area (Å²) in [4.78, 5) is 26.5. The topological polar surface area (TPSA) is 87.9 Å². The molecule has 38 heavy (non-hydrogen) atoms. The molecule has 1 aromatic heterocycles. The van der Waals surface area contributed by atoms with Crippen LogP contribution in [0.2, 0.25) is 0 Å². The predicted octanol–water partition coefficient (Wildman–Crippen LogP) is 5.91. The lowest BCUT2D eigenvalue weighted by Crippen LogP contribution is -2.38. The van der Waals surface area contributed by atoms with Crippen LogP contribution >= 0.6 is 0 Å². The molecule has 3 aromatic carbocycles. The second-order valence-corrected chi connectivity index (χ2v) is 11.4. The Hall–Kier alpha value is -3.91. The molecule has 4 rings (SSSR count). The maximum atomic E-state index is 13.2. The van der Waals surface area contributed by atoms with Crippen molar-refractivity contribution in [2.75, 3.05) is 30.7 Å². The van der Waals surface area contributed by atoms with E-state index in [2.05, 4.69) is 0 Å². The first-order chi connectivity index (χ1) is 18.0. The lowest BCUT2D eigenvalue weighted by molar-refractivity contribution is -0.127. The lowest BCUT2D eigenvalue weighted by atomic mass is 9.96. The molecule has 0 N–H and O–H groups in total. The Morgan fingerprint density at radius 1 is 0.921 bits per heavy atom. The molecule has 4 aromatic rings. The van der Waals surface area contributed by atoms with Gasteiger partial charge in [0.2, 0.25) is 15.9 Å². The number of fused-ring (bicyclic) bond motifs is 1. The van der Waals surface area contributed by atoms with Gasteiger partial charge in [-0.25, -0.2) is 8.42 Å². The van der Waals surface area contributed by atoms with E-state index in [1.807, 2.05) is 74.5 Å². The average molecular weight is 533 g/mol. The monoisotopic (exact) mass is 532 g/mol. The molecule has 0 atom stereocenters. The third kappa shape index (κ3) is 5.50. The number of Topliss-reactive ketones (excluding diaryl/α,β-unsaturated/α-hetero) is 1. The highest BCUT2D eigenvalue weighted by Gasteiger charge is 2.27. The van der Waals surface area contributed by atoms with Crippen molar-refractivity contribution in [3.05, 3.63) is 77.9 Å². The van der Waals surface area contributed by atoms with Gasteiger partial charge in [0.1, 0.15) is 11.3 Å². The van der Waals surface area contributed by atoms with E-state index in [0.29, 0.717) is 40.0 Å². The highest BCUT2D eigenvalue weighted by atomic mass is 32.2. The highest BCUT2D eigenvalue weighted by Crippen LogP contribution is 2.42. The zero-order valence-electron chi connectivity index (χ0n) is 22.3. The number of carbonyl (C=O) groups is 2. The molecule has 1 amide bonds. The first-order valence-corrected chi connectivity index (χ1v) is 14.3. The molecule has 0 aliphatic carbocycles. The minimum absolute atomic E-state index is 0.0610. The summed E-state index contributed by atoms with van der Waals surface area (Å²) < 4.78 is 33.7. The van der Waals surface area contributed by atoms with Crippen molar-refractivity contribution < 1.29 is 22.4 Å². The van der Waals surface area contributed by atoms with Gasteiger partial charge in [0.15, 0.2) is 5.78 Å². The number of furan rings is 1. The minimum Gasteiger partial charge on any atom is -0.455 e. The summed E-state index contributed by atoms with van der Waals surface area (Å²) in [5, 5.41) is 0.629. The number of hydrogen-bond acceptors (Lipinski definition) is 5. The Morgan fingerprint density at radius 2 is 1.58 bits per heavy atom. The van der Waals surface area contributed by atoms with Crippen LogP contribution in [0.4, 0.5) is 5.69 Å². The van der Waals surface area contributed by atoms with Gasteiger partial charge < -0.3 is 9.32 Å². The van der Waals surface area contributed by atoms with Crippen molar-refractivity contribution in [2.45, 2.75) is 27.2 Å². The number of benzene rings is 3. The van der Waals surface area contributed by atoms with Crippen LogP contribution in [-0.2, 0) is 14.8 Å². The summed E-state index contributed by atoms with van der Waals surface area (Å²) in [5.41, 5.74) is 4.62. The van der Waals surface area contributed by atoms with Crippen LogP contribution in [0.25, 0.3) is 33.4 Å². The van der Waals surface area contributed by atoms with Crippen LogP contribution < -0.4 is 4.31 Å². The normalized spacial score (nSPS) is 11.5. The fourth-order valence-electron chi connectivity index (χ4n) is 4.41. The van der Waals surface area contributed by atoms with Gasteiger partial charge in [0.05, 0.1) is 24.1 Å². The van der Waals surface area contributed by atoms with Crippen LogP contribution in [0, 0.1) is 6.92 Å². The molecule has 0 unspecified atom stereocenters. The van der Waals surface area contributed by atoms with Crippen LogP contribution in [0.3, 0.4) is 0 Å². The van der Waals surface area contributed by atoms with Crippen LogP contribution in [0.1, 0.15) is 36.2 Å². The fourth-order valence-corrected chi connectivity index (χ4v) is 5.33. The lowest BCUT2D eigenvalue weighted by Gasteiger charge is -2.27. The highest BCUT2D eigenvalue weighted by molar-refractivity contribution is 7.92. The smallest absolute Gasteiger partial charge is 0.232 e. The molecule has 0 spiro atoms. The van der Waals surface area contributed by atoms with Crippen molar-refractivity contribution in [3.63, 3.8) is 0 Å². The Balaban J connectivity index is 2.01. The van der Waals surface area contributed by atoms with E-state index in [9.17, 15) is 18.0 Å². The summed E-state index contributed by atoms with van der Waals surface area (Å²) in [6, 6.07) is 20.7. The van der Waals surface area contributed by atoms with Crippen molar-refractivity contribution in [3.8, 4) is 22.5 Å². The average Bonchev–Trinajstić information content (AvgIpc) is 3.26. The molecule has 0 aliphatic rings. The zero-order valence-corrected chi connectivity index (χ0v) is 23.1. The number of likely N-dealkylation sites (N-methyl/N-ethyl adjacent to an activating group) is 1. The van der Waals surface area contributed by atoms with Gasteiger partial charge in [0.25, 0.3) is 0 Å². The molecule has 0 fully saturated rings. The Morgan fingerprint density at radius 3 is 2.16 bits per heavy atom. The Kier molecular flexibility index (Phi) is 7.73. The first kappa shape index (κ1) is 27.1. The van der Waals surface area contributed by atoms with Gasteiger partial charge in [-0.2, -0.15) is 0 Å². The second-order valence-electron chi connectivity index (χ2n) is 9.46. The molecule has 8 heteroatoms. The van der Waals surface area contributed by atoms with Crippen molar-refractivity contribution in [1.29, 1.82) is 0 Å². The van der Waals surface area contributed by atoms with E-state index in [1.54, 1.807) is 13.1 Å². The number of sulfonamides is 1. The second kappa shape index (κ2) is 10.8. The third-order valence-corrected chi connectivity index (χ3v) is 7.83. The zero-order chi connectivity index (χ0) is 27.6. The number of amides is 1. The Labute approximate surface area is 223 Å². The van der Waals surface area contributed by atoms with E-state index in [-0.39, 0.29) is 24.8 Å². The first-order valence-electron chi connectivity index (χ1n) is 12.5. The van der Waals surface area contributed by atoms with E-state index < -0.39 is 10.0 Å². The van der Waals surface area contributed by atoms with Gasteiger partial charge >= 0.3 is 0 Å². The van der Waals surface area contributed by atoms with Crippen molar-refractivity contribution in [1.82, 2.24) is 4.90 Å². The van der Waals surface area contributed by atoms with E-state index >= 15 is 0 Å². The number of carbonyl (C=O) groups excluding carboxylic acids is 2. The molecule has 0 bridgehead atoms. The molecule has 0 saturated carbocycles. The number of anilines is 1. The largest absolute Gasteiger partial charge is 0.455 e. The summed E-state index contributed by atoms with van der Waals surface area (Å²) >= 11 is 0. The van der Waals surface area contributed by atoms with Crippen LogP contribution in [0.15, 0.2) is 71.1 Å². The number of ketones is 1. The third-order valence-electron chi connectivity index (χ3n) is 6.65. The van der Waals surface area contributed by atoms with Gasteiger partial charge in [-0.05, 0) is 18.6 Å². The SMILES string of the molecule is CCC(=O)c1c(-c2ccc(C)cc2)oc2cc(N(CCN(C)C(C)=O)S(C)(=O)=O)c(-c3ccccc3)cc12. The molecule has 0 saturated heterocycles. The number of rotatable bonds is 9. The minimum atomic E-state index is -3.73. The van der Waals surface area contributed by atoms with Crippen molar-refractivity contribution >= 4 is 38.4 Å². The van der Waals surface area contributed by atoms with Gasteiger partial charge in [-0.3, -0.25) is 13.9 Å². The fraction of sp³-hybridized carbons (Fsp3) is 0.267. The maximum Gasteiger partial charge on any atom is 0.232 e. The number of hydrogen-bond donors (Lipinski definition) is 0. The van der Waals surface area contributed by atoms with Gasteiger partial charge in [-0.15, -0.1) is 0 Å². The number of aryl methyl sites for hydroxylation is 1. The van der Waals surface area contributed by atoms with Gasteiger partial charge in [-0.1, -0.05) is 67.1 Å². The summed E-state index contributed by atoms with van der Waals surface area (Å²) in [6.45, 7) is 5.51. The van der Waals surface area contributed by atoms with Crippen LogP contribution in [-0.4, -0.2) is 51.4 Å². The Bertz CT molecular complexity index is 1590. The molecule has 7 nitrogen and oxygen atoms in total. The molecule has 198 valence electrons. The molecule has 0 aliphatic heterocycles. The van der Waals surface area contributed by atoms with E-state index in [1.165, 1.54) is 16.1 Å². The standard InChI is InChI=1S/C30H32N2O5S/c1-6-27(34)29-25-18-24(22-10-8-7-9-11-22)26(32(38(5,35)36)17-16-31(4)21(3)33)19-28(25)37-30(29)23-14-12-20(2)13-15-23/h7-15,18-19H,6,16-17H2,1-5H3. The van der Waals surface area contributed by atoms with E-state index in [4.69, 9.17) is 4.42 Å². The summed E-state index contributed by atoms with van der Waals surface area (Å²) in [7, 11) is -2.10. The summed E-state index contributed by atoms with van der Waals surface area (Å²) in [6.07, 6.45) is 1.44. The molecular formula is C30H32N2O5S. The molecule has 1 heterocycles. The van der Waals surface area contributed by atoms with E-state index in [0.717, 1.165) is 22.9 Å². The van der Waals surface area contributed by atoms with Crippen LogP contribution in [0.5, 0.6) is 0 Å². The van der Waals surface area contributed by atoms with Crippen molar-refractivity contribution in [2.24, 2.45) is 0 Å².